The van der Waals surface area contributed by atoms with Gasteiger partial charge in [0.25, 0.3) is 0 Å². The minimum atomic E-state index is -3.67. The Balaban J connectivity index is 1.99. The van der Waals surface area contributed by atoms with Crippen LogP contribution >= 0.6 is 0 Å². The van der Waals surface area contributed by atoms with Gasteiger partial charge in [0, 0.05) is 6.92 Å². The summed E-state index contributed by atoms with van der Waals surface area (Å²) in [6, 6.07) is 6.58. The molecule has 3 rings (SSSR count). The van der Waals surface area contributed by atoms with Crippen molar-refractivity contribution < 1.29 is 17.9 Å². The van der Waals surface area contributed by atoms with Crippen molar-refractivity contribution in [2.45, 2.75) is 62.1 Å². The average Bonchev–Trinajstić information content (AvgIpc) is 3.23. The molecule has 1 aromatic rings. The number of rotatable bonds is 4. The fourth-order valence-corrected chi connectivity index (χ4v) is 5.89. The molecular weight excluding hydrogens is 326 g/mol. The Kier molecular flexibility index (Phi) is 4.18. The Bertz CT molecular complexity index is 793. The maximum absolute atomic E-state index is 13.1. The Labute approximate surface area is 143 Å². The Morgan fingerprint density at radius 3 is 2.62 bits per heavy atom. The maximum atomic E-state index is 13.1. The molecule has 4 atom stereocenters. The van der Waals surface area contributed by atoms with E-state index in [1.807, 2.05) is 6.92 Å². The molecule has 1 saturated heterocycles. The molecule has 24 heavy (non-hydrogen) atoms. The smallest absolute Gasteiger partial charge is 0.303 e. The van der Waals surface area contributed by atoms with Crippen LogP contribution in [0.1, 0.15) is 38.2 Å². The minimum absolute atomic E-state index is 0.196. The molecule has 1 unspecified atom stereocenters. The Hall–Kier alpha value is -1.84. The standard InChI is InChI=1S/C18H21NO4S/c1-4-17(23-14(3)20)18-12-6-5-7-16(18)19(18)24(21,22)15-10-8-13(2)9-11-15/h1,8-11,16-17H,5-7,12H2,2-3H3/t16-,17+,18+,19?/m0/s1. The topological polar surface area (TPSA) is 63.5 Å². The largest absolute Gasteiger partial charge is 0.447 e. The van der Waals surface area contributed by atoms with Gasteiger partial charge < -0.3 is 4.74 Å². The molecule has 2 fully saturated rings. The molecule has 0 amide bonds. The van der Waals surface area contributed by atoms with Gasteiger partial charge in [0.1, 0.15) is 5.54 Å². The summed E-state index contributed by atoms with van der Waals surface area (Å²) in [7, 11) is -3.67. The lowest BCUT2D eigenvalue weighted by Crippen LogP contribution is -2.39. The number of nitrogens with zero attached hydrogens (tertiary/aromatic N) is 1. The summed E-state index contributed by atoms with van der Waals surface area (Å²) < 4.78 is 33.0. The normalized spacial score (nSPS) is 29.9. The summed E-state index contributed by atoms with van der Waals surface area (Å²) in [6.45, 7) is 3.20. The van der Waals surface area contributed by atoms with Crippen LogP contribution in [0.2, 0.25) is 0 Å². The molecule has 5 nitrogen and oxygen atoms in total. The van der Waals surface area contributed by atoms with Gasteiger partial charge in [-0.1, -0.05) is 36.5 Å². The molecule has 0 aromatic heterocycles. The Morgan fingerprint density at radius 1 is 1.38 bits per heavy atom. The van der Waals surface area contributed by atoms with E-state index < -0.39 is 27.6 Å². The van der Waals surface area contributed by atoms with Crippen molar-refractivity contribution in [3.8, 4) is 12.3 Å². The number of ether oxygens (including phenoxy) is 1. The zero-order valence-corrected chi connectivity index (χ0v) is 14.7. The van der Waals surface area contributed by atoms with E-state index in [9.17, 15) is 13.2 Å². The van der Waals surface area contributed by atoms with Crippen LogP contribution in [0, 0.1) is 19.3 Å². The fraction of sp³-hybridized carbons (Fsp3) is 0.500. The third kappa shape index (κ3) is 2.52. The molecule has 1 heterocycles. The van der Waals surface area contributed by atoms with Crippen LogP contribution in [0.5, 0.6) is 0 Å². The quantitative estimate of drug-likeness (QED) is 0.476. The van der Waals surface area contributed by atoms with Gasteiger partial charge in [-0.05, 0) is 31.9 Å². The van der Waals surface area contributed by atoms with E-state index >= 15 is 0 Å². The highest BCUT2D eigenvalue weighted by Gasteiger charge is 2.73. The number of terminal acetylenes is 1. The molecule has 128 valence electrons. The van der Waals surface area contributed by atoms with Crippen molar-refractivity contribution in [3.05, 3.63) is 29.8 Å². The van der Waals surface area contributed by atoms with E-state index in [0.29, 0.717) is 6.42 Å². The van der Waals surface area contributed by atoms with Gasteiger partial charge in [-0.15, -0.1) is 6.42 Å². The number of aryl methyl sites for hydroxylation is 1. The number of esters is 1. The summed E-state index contributed by atoms with van der Waals surface area (Å²) >= 11 is 0. The van der Waals surface area contributed by atoms with Crippen LogP contribution < -0.4 is 0 Å². The van der Waals surface area contributed by atoms with Crippen LogP contribution in [0.25, 0.3) is 0 Å². The number of carbonyl (C=O) groups excluding carboxylic acids is 1. The van der Waals surface area contributed by atoms with Crippen molar-refractivity contribution in [3.63, 3.8) is 0 Å². The van der Waals surface area contributed by atoms with Gasteiger partial charge in [0.15, 0.2) is 6.10 Å². The van der Waals surface area contributed by atoms with Crippen molar-refractivity contribution in [1.29, 1.82) is 0 Å². The highest BCUT2D eigenvalue weighted by molar-refractivity contribution is 7.89. The predicted octanol–water partition coefficient (Wildman–Crippen LogP) is 2.25. The molecule has 0 radical (unpaired) electrons. The van der Waals surface area contributed by atoms with Crippen molar-refractivity contribution in [2.24, 2.45) is 0 Å². The molecule has 1 aliphatic carbocycles. The van der Waals surface area contributed by atoms with Gasteiger partial charge in [-0.3, -0.25) is 4.79 Å². The summed E-state index contributed by atoms with van der Waals surface area (Å²) in [6.07, 6.45) is 7.91. The number of hydrogen-bond acceptors (Lipinski definition) is 4. The number of hydrogen-bond donors (Lipinski definition) is 0. The lowest BCUT2D eigenvalue weighted by atomic mass is 9.85. The predicted molar refractivity (Wildman–Crippen MR) is 89.6 cm³/mol. The first-order valence-electron chi connectivity index (χ1n) is 8.08. The molecule has 1 aromatic carbocycles. The molecule has 0 bridgehead atoms. The monoisotopic (exact) mass is 347 g/mol. The average molecular weight is 347 g/mol. The van der Waals surface area contributed by atoms with Crippen LogP contribution in [0.3, 0.4) is 0 Å². The lowest BCUT2D eigenvalue weighted by molar-refractivity contribution is -0.145. The second-order valence-electron chi connectivity index (χ2n) is 6.52. The Morgan fingerprint density at radius 2 is 2.04 bits per heavy atom. The SMILES string of the molecule is C#C[C@@H](OC(C)=O)[C@@]12CCCC[C@@H]1N2S(=O)(=O)c1ccc(C)cc1. The van der Waals surface area contributed by atoms with Crippen LogP contribution in [0.15, 0.2) is 29.2 Å². The van der Waals surface area contributed by atoms with E-state index in [0.717, 1.165) is 24.8 Å². The minimum Gasteiger partial charge on any atom is -0.447 e. The third-order valence-corrected chi connectivity index (χ3v) is 6.95. The van der Waals surface area contributed by atoms with Gasteiger partial charge in [0.2, 0.25) is 10.0 Å². The van der Waals surface area contributed by atoms with Crippen LogP contribution in [0.4, 0.5) is 0 Å². The highest BCUT2D eigenvalue weighted by Crippen LogP contribution is 2.56. The van der Waals surface area contributed by atoms with Crippen molar-refractivity contribution in [2.75, 3.05) is 0 Å². The second kappa shape index (κ2) is 5.91. The van der Waals surface area contributed by atoms with E-state index in [1.54, 1.807) is 24.3 Å². The highest BCUT2D eigenvalue weighted by atomic mass is 32.2. The van der Waals surface area contributed by atoms with Crippen LogP contribution in [-0.2, 0) is 19.6 Å². The van der Waals surface area contributed by atoms with Gasteiger partial charge in [-0.2, -0.15) is 4.31 Å². The number of sulfonamides is 1. The first-order chi connectivity index (χ1) is 11.3. The molecule has 1 aliphatic heterocycles. The van der Waals surface area contributed by atoms with E-state index in [-0.39, 0.29) is 10.9 Å². The first kappa shape index (κ1) is 17.0. The lowest BCUT2D eigenvalue weighted by Gasteiger charge is -2.25. The van der Waals surface area contributed by atoms with Crippen molar-refractivity contribution in [1.82, 2.24) is 4.31 Å². The third-order valence-electron chi connectivity index (χ3n) is 4.97. The summed E-state index contributed by atoms with van der Waals surface area (Å²) in [4.78, 5) is 11.6. The van der Waals surface area contributed by atoms with Crippen molar-refractivity contribution >= 4 is 16.0 Å². The van der Waals surface area contributed by atoms with E-state index in [1.165, 1.54) is 11.2 Å². The van der Waals surface area contributed by atoms with E-state index in [4.69, 9.17) is 11.2 Å². The number of fused-ring (bicyclic) bond motifs is 1. The van der Waals surface area contributed by atoms with Crippen LogP contribution in [-0.4, -0.2) is 36.4 Å². The second-order valence-corrected chi connectivity index (χ2v) is 8.34. The molecule has 1 saturated carbocycles. The summed E-state index contributed by atoms with van der Waals surface area (Å²) in [5, 5.41) is 0. The van der Waals surface area contributed by atoms with Gasteiger partial charge in [0.05, 0.1) is 10.9 Å². The zero-order chi connectivity index (χ0) is 17.5. The zero-order valence-electron chi connectivity index (χ0n) is 13.9. The van der Waals surface area contributed by atoms with E-state index in [2.05, 4.69) is 5.92 Å². The number of carbonyl (C=O) groups is 1. The fourth-order valence-electron chi connectivity index (χ4n) is 3.85. The summed E-state index contributed by atoms with van der Waals surface area (Å²) in [5.74, 6) is 2.01. The maximum Gasteiger partial charge on any atom is 0.303 e. The molecule has 6 heteroatoms. The molecule has 0 spiro atoms. The number of benzene rings is 1. The molecule has 2 aliphatic rings. The molecule has 0 N–H and O–H groups in total. The molecular formula is C18H21NO4S. The first-order valence-corrected chi connectivity index (χ1v) is 9.52. The van der Waals surface area contributed by atoms with Gasteiger partial charge >= 0.3 is 5.97 Å². The summed E-state index contributed by atoms with van der Waals surface area (Å²) in [5.41, 5.74) is 0.204. The van der Waals surface area contributed by atoms with Gasteiger partial charge in [-0.25, -0.2) is 8.42 Å².